The van der Waals surface area contributed by atoms with Gasteiger partial charge in [-0.05, 0) is 50.1 Å². The molecule has 5 heterocycles. The maximum absolute atomic E-state index is 13.9. The van der Waals surface area contributed by atoms with Gasteiger partial charge in [0, 0.05) is 82.6 Å². The third kappa shape index (κ3) is 7.89. The van der Waals surface area contributed by atoms with Crippen LogP contribution in [-0.4, -0.2) is 110 Å². The maximum atomic E-state index is 13.9. The largest absolute Gasteiger partial charge is 0.573 e. The van der Waals surface area contributed by atoms with Crippen LogP contribution in [0.25, 0.3) is 22.1 Å². The quantitative estimate of drug-likeness (QED) is 0.179. The Kier molecular flexibility index (Phi) is 9.94. The average Bonchev–Trinajstić information content (AvgIpc) is 3.60. The lowest BCUT2D eigenvalue weighted by Gasteiger charge is -2.43. The smallest absolute Gasteiger partial charge is 0.459 e. The van der Waals surface area contributed by atoms with Gasteiger partial charge in [0.1, 0.15) is 16.7 Å². The number of rotatable bonds is 10. The van der Waals surface area contributed by atoms with E-state index in [2.05, 4.69) is 57.1 Å². The number of piperidine rings is 1. The molecule has 53 heavy (non-hydrogen) atoms. The molecule has 2 N–H and O–H groups in total. The lowest BCUT2D eigenvalue weighted by atomic mass is 9.99. The van der Waals surface area contributed by atoms with Gasteiger partial charge in [0.25, 0.3) is 0 Å². The molecule has 3 aromatic heterocycles. The van der Waals surface area contributed by atoms with Gasteiger partial charge in [0.15, 0.2) is 17.2 Å². The lowest BCUT2D eigenvalue weighted by Crippen LogP contribution is -2.52. The third-order valence-corrected chi connectivity index (χ3v) is 11.1. The van der Waals surface area contributed by atoms with E-state index < -0.39 is 22.1 Å². The van der Waals surface area contributed by atoms with E-state index in [4.69, 9.17) is 4.42 Å². The van der Waals surface area contributed by atoms with Gasteiger partial charge in [-0.2, -0.15) is 4.98 Å². The molecule has 0 radical (unpaired) electrons. The number of halogens is 3. The SMILES string of the molecule is CCc1cc(Nc2nc(Nc3ccc4nccnc4c3N(C)S(C)(=O)=O)c3occc3n2)c(OC(F)(F)F)cc1N1CCC(N2CCN(C)CC2)CC1. The summed E-state index contributed by atoms with van der Waals surface area (Å²) >= 11 is 0. The van der Waals surface area contributed by atoms with Crippen LogP contribution in [-0.2, 0) is 16.4 Å². The van der Waals surface area contributed by atoms with Gasteiger partial charge in [-0.1, -0.05) is 6.92 Å². The first-order valence-corrected chi connectivity index (χ1v) is 19.2. The number of alkyl halides is 3. The van der Waals surface area contributed by atoms with Crippen molar-refractivity contribution in [2.75, 3.05) is 79.5 Å². The van der Waals surface area contributed by atoms with Crippen molar-refractivity contribution in [3.8, 4) is 5.75 Å². The molecule has 14 nitrogen and oxygen atoms in total. The Morgan fingerprint density at radius 3 is 2.40 bits per heavy atom. The van der Waals surface area contributed by atoms with Crippen molar-refractivity contribution in [3.05, 3.63) is 54.6 Å². The van der Waals surface area contributed by atoms with Crippen LogP contribution in [0.2, 0.25) is 0 Å². The summed E-state index contributed by atoms with van der Waals surface area (Å²) in [6.07, 6.45) is 2.86. The normalized spacial score (nSPS) is 16.7. The zero-order valence-electron chi connectivity index (χ0n) is 29.8. The highest BCUT2D eigenvalue weighted by Gasteiger charge is 2.34. The van der Waals surface area contributed by atoms with Crippen molar-refractivity contribution >= 4 is 66.7 Å². The number of benzene rings is 2. The molecule has 2 aromatic carbocycles. The Morgan fingerprint density at radius 1 is 0.962 bits per heavy atom. The molecule has 0 saturated carbocycles. The molecule has 2 fully saturated rings. The number of aryl methyl sites for hydroxylation is 1. The zero-order valence-corrected chi connectivity index (χ0v) is 30.6. The molecule has 5 aromatic rings. The number of piperazine rings is 1. The predicted molar refractivity (Wildman–Crippen MR) is 198 cm³/mol. The third-order valence-electron chi connectivity index (χ3n) is 9.88. The van der Waals surface area contributed by atoms with Gasteiger partial charge in [-0.3, -0.25) is 19.2 Å². The summed E-state index contributed by atoms with van der Waals surface area (Å²) in [5.74, 6) is -0.334. The second-order valence-electron chi connectivity index (χ2n) is 13.3. The molecule has 2 aliphatic rings. The summed E-state index contributed by atoms with van der Waals surface area (Å²) in [5.41, 5.74) is 3.45. The number of nitrogens with one attached hydrogen (secondary N) is 2. The Bertz CT molecular complexity index is 2220. The highest BCUT2D eigenvalue weighted by molar-refractivity contribution is 7.92. The fourth-order valence-corrected chi connectivity index (χ4v) is 7.53. The van der Waals surface area contributed by atoms with Gasteiger partial charge < -0.3 is 29.6 Å². The van der Waals surface area contributed by atoms with Crippen molar-refractivity contribution in [3.63, 3.8) is 0 Å². The first kappa shape index (κ1) is 36.4. The minimum absolute atomic E-state index is 0.0301. The van der Waals surface area contributed by atoms with Crippen LogP contribution >= 0.6 is 0 Å². The summed E-state index contributed by atoms with van der Waals surface area (Å²) in [6.45, 7) is 7.49. The van der Waals surface area contributed by atoms with Gasteiger partial charge in [0.05, 0.1) is 29.4 Å². The van der Waals surface area contributed by atoms with Crippen molar-refractivity contribution in [2.24, 2.45) is 0 Å². The van der Waals surface area contributed by atoms with Gasteiger partial charge in [-0.25, -0.2) is 13.4 Å². The molecular weight excluding hydrogens is 714 g/mol. The minimum Gasteiger partial charge on any atom is -0.459 e. The fraction of sp³-hybridized carbons (Fsp3) is 0.429. The molecule has 0 spiro atoms. The second kappa shape index (κ2) is 14.5. The molecule has 18 heteroatoms. The molecule has 0 bridgehead atoms. The van der Waals surface area contributed by atoms with Crippen LogP contribution in [0.1, 0.15) is 25.3 Å². The van der Waals surface area contributed by atoms with Crippen LogP contribution in [0, 0.1) is 0 Å². The van der Waals surface area contributed by atoms with Crippen molar-refractivity contribution in [2.45, 2.75) is 38.6 Å². The van der Waals surface area contributed by atoms with Crippen LogP contribution in [0.3, 0.4) is 0 Å². The van der Waals surface area contributed by atoms with Crippen molar-refractivity contribution < 1.29 is 30.7 Å². The van der Waals surface area contributed by atoms with Gasteiger partial charge >= 0.3 is 6.36 Å². The zero-order chi connectivity index (χ0) is 37.5. The predicted octanol–water partition coefficient (Wildman–Crippen LogP) is 5.73. The van der Waals surface area contributed by atoms with Crippen LogP contribution in [0.15, 0.2) is 53.4 Å². The van der Waals surface area contributed by atoms with Gasteiger partial charge in [-0.15, -0.1) is 13.2 Å². The van der Waals surface area contributed by atoms with E-state index in [0.717, 1.165) is 55.1 Å². The van der Waals surface area contributed by atoms with Crippen molar-refractivity contribution in [1.82, 2.24) is 29.7 Å². The number of hydrogen-bond acceptors (Lipinski definition) is 13. The number of ether oxygens (including phenoxy) is 1. The summed E-state index contributed by atoms with van der Waals surface area (Å²) in [5, 5.41) is 6.11. The first-order valence-electron chi connectivity index (χ1n) is 17.3. The highest BCUT2D eigenvalue weighted by Crippen LogP contribution is 2.41. The Hall–Kier alpha value is -4.94. The monoisotopic (exact) mass is 754 g/mol. The molecule has 282 valence electrons. The second-order valence-corrected chi connectivity index (χ2v) is 15.3. The molecule has 0 amide bonds. The number of furan rings is 1. The lowest BCUT2D eigenvalue weighted by molar-refractivity contribution is -0.274. The number of sulfonamides is 1. The van der Waals surface area contributed by atoms with Crippen LogP contribution in [0.5, 0.6) is 5.75 Å². The van der Waals surface area contributed by atoms with Gasteiger partial charge in [0.2, 0.25) is 16.0 Å². The maximum Gasteiger partial charge on any atom is 0.573 e. The number of anilines is 6. The van der Waals surface area contributed by atoms with E-state index in [0.29, 0.717) is 53.5 Å². The summed E-state index contributed by atoms with van der Waals surface area (Å²) in [6, 6.07) is 8.44. The summed E-state index contributed by atoms with van der Waals surface area (Å²) in [7, 11) is -0.223. The number of likely N-dealkylation sites (N-methyl/N-ethyl adjacent to an activating group) is 1. The van der Waals surface area contributed by atoms with E-state index in [1.54, 1.807) is 24.3 Å². The Labute approximate surface area is 305 Å². The Balaban J connectivity index is 1.22. The van der Waals surface area contributed by atoms with Crippen LogP contribution < -0.4 is 24.6 Å². The van der Waals surface area contributed by atoms with E-state index in [1.807, 2.05) is 6.92 Å². The minimum atomic E-state index is -4.96. The molecule has 2 saturated heterocycles. The summed E-state index contributed by atoms with van der Waals surface area (Å²) in [4.78, 5) is 24.8. The topological polar surface area (TPSA) is 145 Å². The molecular formula is C35H41F3N10O4S. The highest BCUT2D eigenvalue weighted by atomic mass is 32.2. The van der Waals surface area contributed by atoms with E-state index in [1.165, 1.54) is 31.8 Å². The Morgan fingerprint density at radius 2 is 1.70 bits per heavy atom. The molecule has 0 atom stereocenters. The molecule has 0 unspecified atom stereocenters. The molecule has 7 rings (SSSR count). The number of fused-ring (bicyclic) bond motifs is 2. The van der Waals surface area contributed by atoms with Crippen molar-refractivity contribution in [1.29, 1.82) is 0 Å². The molecule has 2 aliphatic heterocycles. The molecule has 0 aliphatic carbocycles. The number of nitrogens with zero attached hydrogens (tertiary/aromatic N) is 8. The number of hydrogen-bond donors (Lipinski definition) is 2. The van der Waals surface area contributed by atoms with E-state index in [9.17, 15) is 21.6 Å². The average molecular weight is 755 g/mol. The summed E-state index contributed by atoms with van der Waals surface area (Å²) < 4.78 is 78.4. The van der Waals surface area contributed by atoms with Crippen LogP contribution in [0.4, 0.5) is 47.7 Å². The fourth-order valence-electron chi connectivity index (χ4n) is 7.02. The van der Waals surface area contributed by atoms with E-state index >= 15 is 0 Å². The first-order chi connectivity index (χ1) is 25.3. The number of aromatic nitrogens is 4. The standard InChI is InChI=1S/C35H41F3N10O4S/c1-5-22-20-27(29(52-35(36,37)38)21-28(22)48-13-8-23(9-14-48)47-17-15-45(2)16-18-47)43-34-42-26-10-19-51-32(26)33(44-34)41-25-7-6-24-30(40-12-11-39-24)31(25)46(3)53(4,49)50/h6-7,10-12,19-21,23H,5,8-9,13-18H2,1-4H3,(H2,41,42,43,44). The van der Waals surface area contributed by atoms with E-state index in [-0.39, 0.29) is 28.7 Å².